The minimum Gasteiger partial charge on any atom is -0.491 e. The third-order valence-corrected chi connectivity index (χ3v) is 3.98. The molecule has 0 spiro atoms. The summed E-state index contributed by atoms with van der Waals surface area (Å²) in [5, 5.41) is 9.32. The number of carboxylic acids is 1. The van der Waals surface area contributed by atoms with Gasteiger partial charge in [0.2, 0.25) is 5.91 Å². The highest BCUT2D eigenvalue weighted by atomic mass is 16.5. The second-order valence-electron chi connectivity index (χ2n) is 5.12. The minimum atomic E-state index is -0.795. The van der Waals surface area contributed by atoms with Gasteiger partial charge in [-0.15, -0.1) is 0 Å². The van der Waals surface area contributed by atoms with E-state index in [2.05, 4.69) is 0 Å². The maximum Gasteiger partial charge on any atom is 0.314 e. The van der Waals surface area contributed by atoms with Crippen LogP contribution in [0.2, 0.25) is 0 Å². The molecule has 0 aromatic heterocycles. The van der Waals surface area contributed by atoms with Gasteiger partial charge in [0.25, 0.3) is 0 Å². The van der Waals surface area contributed by atoms with Gasteiger partial charge in [0, 0.05) is 7.05 Å². The van der Waals surface area contributed by atoms with Crippen LogP contribution < -0.4 is 9.64 Å². The van der Waals surface area contributed by atoms with Crippen LogP contribution in [0.3, 0.4) is 0 Å². The lowest BCUT2D eigenvalue weighted by Gasteiger charge is -2.19. The van der Waals surface area contributed by atoms with Gasteiger partial charge >= 0.3 is 5.97 Å². The molecule has 1 heterocycles. The number of rotatable bonds is 2. The zero-order valence-electron chi connectivity index (χ0n) is 10.7. The first-order valence-corrected chi connectivity index (χ1v) is 6.32. The number of carbonyl (C=O) groups is 2. The molecule has 3 rings (SSSR count). The summed E-state index contributed by atoms with van der Waals surface area (Å²) in [6.45, 7) is 0.361. The van der Waals surface area contributed by atoms with E-state index in [0.29, 0.717) is 37.3 Å². The Morgan fingerprint density at radius 2 is 2.16 bits per heavy atom. The Balaban J connectivity index is 2.06. The monoisotopic (exact) mass is 261 g/mol. The number of carbonyl (C=O) groups excluding carboxylic acids is 1. The molecule has 1 amide bonds. The number of benzene rings is 1. The van der Waals surface area contributed by atoms with E-state index < -0.39 is 11.4 Å². The van der Waals surface area contributed by atoms with Gasteiger partial charge in [-0.2, -0.15) is 0 Å². The summed E-state index contributed by atoms with van der Waals surface area (Å²) in [6, 6.07) is 5.34. The Morgan fingerprint density at radius 3 is 2.79 bits per heavy atom. The minimum absolute atomic E-state index is 0.0175. The third kappa shape index (κ3) is 1.77. The highest BCUT2D eigenvalue weighted by molar-refractivity contribution is 5.95. The molecule has 5 heteroatoms. The van der Waals surface area contributed by atoms with Crippen molar-refractivity contribution in [2.24, 2.45) is 0 Å². The molecule has 0 atom stereocenters. The topological polar surface area (TPSA) is 66.8 Å². The molecule has 1 aliphatic heterocycles. The van der Waals surface area contributed by atoms with E-state index >= 15 is 0 Å². The molecule has 1 aromatic carbocycles. The number of ether oxygens (including phenoxy) is 1. The van der Waals surface area contributed by atoms with E-state index in [4.69, 9.17) is 4.74 Å². The largest absolute Gasteiger partial charge is 0.491 e. The third-order valence-electron chi connectivity index (χ3n) is 3.98. The molecule has 0 radical (unpaired) electrons. The molecule has 1 aliphatic carbocycles. The Kier molecular flexibility index (Phi) is 2.52. The van der Waals surface area contributed by atoms with Crippen molar-refractivity contribution in [1.82, 2.24) is 0 Å². The summed E-state index contributed by atoms with van der Waals surface area (Å²) in [5.41, 5.74) is 0.655. The number of hydrogen-bond acceptors (Lipinski definition) is 3. The fraction of sp³-hybridized carbons (Fsp3) is 0.429. The van der Waals surface area contributed by atoms with Crippen molar-refractivity contribution in [2.75, 3.05) is 18.6 Å². The van der Waals surface area contributed by atoms with Crippen LogP contribution in [-0.4, -0.2) is 30.6 Å². The second kappa shape index (κ2) is 3.98. The molecule has 1 N–H and O–H groups in total. The number of amides is 1. The van der Waals surface area contributed by atoms with Crippen LogP contribution in [0.15, 0.2) is 18.2 Å². The quantitative estimate of drug-likeness (QED) is 0.877. The molecular formula is C14H15NO4. The Morgan fingerprint density at radius 1 is 1.42 bits per heavy atom. The van der Waals surface area contributed by atoms with E-state index in [1.807, 2.05) is 0 Å². The van der Waals surface area contributed by atoms with Crippen LogP contribution in [0.25, 0.3) is 0 Å². The van der Waals surface area contributed by atoms with Gasteiger partial charge in [0.1, 0.15) is 5.75 Å². The van der Waals surface area contributed by atoms with Crippen molar-refractivity contribution in [3.8, 4) is 5.75 Å². The van der Waals surface area contributed by atoms with Crippen LogP contribution in [0, 0.1) is 0 Å². The lowest BCUT2D eigenvalue weighted by Crippen LogP contribution is -2.26. The van der Waals surface area contributed by atoms with Crippen LogP contribution in [-0.2, 0) is 15.0 Å². The van der Waals surface area contributed by atoms with E-state index in [-0.39, 0.29) is 5.91 Å². The first kappa shape index (κ1) is 12.0. The number of nitrogens with zero attached hydrogens (tertiary/aromatic N) is 1. The van der Waals surface area contributed by atoms with E-state index in [1.54, 1.807) is 30.1 Å². The first-order valence-electron chi connectivity index (χ1n) is 6.32. The normalized spacial score (nSPS) is 20.3. The maximum atomic E-state index is 11.8. The smallest absolute Gasteiger partial charge is 0.314 e. The Labute approximate surface area is 110 Å². The fourth-order valence-electron chi connectivity index (χ4n) is 2.50. The van der Waals surface area contributed by atoms with E-state index in [0.717, 1.165) is 5.56 Å². The predicted molar refractivity (Wildman–Crippen MR) is 68.5 cm³/mol. The average Bonchev–Trinajstić information content (AvgIpc) is 3.19. The highest BCUT2D eigenvalue weighted by Crippen LogP contribution is 2.50. The van der Waals surface area contributed by atoms with Crippen LogP contribution in [0.5, 0.6) is 5.75 Å². The fourth-order valence-corrected chi connectivity index (χ4v) is 2.50. The molecule has 1 fully saturated rings. The summed E-state index contributed by atoms with van der Waals surface area (Å²) in [5.74, 6) is -0.176. The number of anilines is 1. The number of fused-ring (bicyclic) bond motifs is 1. The predicted octanol–water partition coefficient (Wildman–Crippen LogP) is 1.55. The van der Waals surface area contributed by atoms with Crippen molar-refractivity contribution in [2.45, 2.75) is 24.7 Å². The molecule has 0 bridgehead atoms. The standard InChI is InChI=1S/C14H15NO4/c1-15-10-8-9(14(5-6-14)13(17)18)2-3-11(10)19-7-4-12(15)16/h2-3,8H,4-7H2,1H3,(H,17,18). The zero-order chi connectivity index (χ0) is 13.6. The summed E-state index contributed by atoms with van der Waals surface area (Å²) < 4.78 is 5.53. The van der Waals surface area contributed by atoms with Crippen molar-refractivity contribution >= 4 is 17.6 Å². The molecule has 1 aromatic rings. The Bertz CT molecular complexity index is 563. The average molecular weight is 261 g/mol. The number of aliphatic carboxylic acids is 1. The molecule has 2 aliphatic rings. The van der Waals surface area contributed by atoms with E-state index in [9.17, 15) is 14.7 Å². The van der Waals surface area contributed by atoms with E-state index in [1.165, 1.54) is 0 Å². The SMILES string of the molecule is CN1C(=O)CCOc2ccc(C3(C(=O)O)CC3)cc21. The number of carboxylic acid groups (broad SMARTS) is 1. The summed E-state index contributed by atoms with van der Waals surface area (Å²) in [4.78, 5) is 24.7. The van der Waals surface area contributed by atoms with Crippen molar-refractivity contribution in [3.63, 3.8) is 0 Å². The molecule has 19 heavy (non-hydrogen) atoms. The van der Waals surface area contributed by atoms with Gasteiger partial charge in [-0.05, 0) is 30.5 Å². The van der Waals surface area contributed by atoms with Crippen molar-refractivity contribution in [1.29, 1.82) is 0 Å². The molecule has 0 unspecified atom stereocenters. The Hall–Kier alpha value is -2.04. The van der Waals surface area contributed by atoms with Crippen LogP contribution >= 0.6 is 0 Å². The number of hydrogen-bond donors (Lipinski definition) is 1. The summed E-state index contributed by atoms with van der Waals surface area (Å²) in [6.07, 6.45) is 1.64. The zero-order valence-corrected chi connectivity index (χ0v) is 10.7. The summed E-state index contributed by atoms with van der Waals surface area (Å²) in [7, 11) is 1.69. The van der Waals surface area contributed by atoms with Gasteiger partial charge in [-0.25, -0.2) is 0 Å². The van der Waals surface area contributed by atoms with Crippen molar-refractivity contribution in [3.05, 3.63) is 23.8 Å². The van der Waals surface area contributed by atoms with Crippen LogP contribution in [0.4, 0.5) is 5.69 Å². The van der Waals surface area contributed by atoms with Gasteiger partial charge in [0.15, 0.2) is 0 Å². The summed E-state index contributed by atoms with van der Waals surface area (Å²) >= 11 is 0. The van der Waals surface area contributed by atoms with Gasteiger partial charge < -0.3 is 14.7 Å². The second-order valence-corrected chi connectivity index (χ2v) is 5.12. The lowest BCUT2D eigenvalue weighted by molar-refractivity contribution is -0.140. The van der Waals surface area contributed by atoms with Crippen LogP contribution in [0.1, 0.15) is 24.8 Å². The van der Waals surface area contributed by atoms with Gasteiger partial charge in [0.05, 0.1) is 24.1 Å². The highest BCUT2D eigenvalue weighted by Gasteiger charge is 2.52. The molecule has 1 saturated carbocycles. The molecule has 0 saturated heterocycles. The lowest BCUT2D eigenvalue weighted by atomic mass is 9.95. The molecule has 5 nitrogen and oxygen atoms in total. The van der Waals surface area contributed by atoms with Gasteiger partial charge in [-0.3, -0.25) is 9.59 Å². The van der Waals surface area contributed by atoms with Gasteiger partial charge in [-0.1, -0.05) is 6.07 Å². The maximum absolute atomic E-state index is 11.8. The van der Waals surface area contributed by atoms with Crippen molar-refractivity contribution < 1.29 is 19.4 Å². The molecular weight excluding hydrogens is 246 g/mol. The first-order chi connectivity index (χ1) is 9.04. The molecule has 100 valence electrons.